The number of rotatable bonds is 2. The number of hydrogen-bond acceptors (Lipinski definition) is 3. The number of hydrazine groups is 1. The van der Waals surface area contributed by atoms with E-state index < -0.39 is 0 Å². The minimum Gasteiger partial charge on any atom is -0.382 e. The maximum atomic E-state index is 5.63. The third-order valence-corrected chi connectivity index (χ3v) is 1.99. The molecule has 0 aliphatic rings. The lowest BCUT2D eigenvalue weighted by Gasteiger charge is -2.03. The molecule has 0 aromatic heterocycles. The summed E-state index contributed by atoms with van der Waals surface area (Å²) in [5.41, 5.74) is 11.1. The molecule has 0 spiro atoms. The molecule has 0 heterocycles. The molecular weight excluding hydrogens is 164 g/mol. The summed E-state index contributed by atoms with van der Waals surface area (Å²) >= 11 is 0. The predicted molar refractivity (Wildman–Crippen MR) is 54.0 cm³/mol. The lowest BCUT2D eigenvalue weighted by atomic mass is 10.1. The van der Waals surface area contributed by atoms with Crippen LogP contribution in [0, 0.1) is 13.8 Å². The fraction of sp³-hybridized carbons (Fsp3) is 0.222. The van der Waals surface area contributed by atoms with Crippen LogP contribution in [0.4, 0.5) is 0 Å². The van der Waals surface area contributed by atoms with Gasteiger partial charge >= 0.3 is 0 Å². The van der Waals surface area contributed by atoms with Gasteiger partial charge in [0.05, 0.1) is 0 Å². The van der Waals surface area contributed by atoms with Crippen LogP contribution in [0.2, 0.25) is 0 Å². The van der Waals surface area contributed by atoms with Gasteiger partial charge in [0.15, 0.2) is 5.84 Å². The molecular formula is C9H14N4. The molecule has 0 saturated heterocycles. The van der Waals surface area contributed by atoms with E-state index in [2.05, 4.69) is 10.6 Å². The highest BCUT2D eigenvalue weighted by atomic mass is 15.5. The van der Waals surface area contributed by atoms with E-state index in [4.69, 9.17) is 11.6 Å². The van der Waals surface area contributed by atoms with Crippen LogP contribution in [0.15, 0.2) is 23.3 Å². The molecule has 5 N–H and O–H groups in total. The highest BCUT2D eigenvalue weighted by Crippen LogP contribution is 2.09. The molecule has 0 saturated carbocycles. The van der Waals surface area contributed by atoms with Crippen LogP contribution in [0.3, 0.4) is 0 Å². The normalized spacial score (nSPS) is 11.5. The smallest absolute Gasteiger partial charge is 0.152 e. The van der Waals surface area contributed by atoms with Gasteiger partial charge in [0.1, 0.15) is 0 Å². The van der Waals surface area contributed by atoms with Gasteiger partial charge < -0.3 is 5.73 Å². The topological polar surface area (TPSA) is 76.4 Å². The summed E-state index contributed by atoms with van der Waals surface area (Å²) in [6.45, 7) is 4.08. The first-order valence-electron chi connectivity index (χ1n) is 4.01. The van der Waals surface area contributed by atoms with Gasteiger partial charge in [0, 0.05) is 5.56 Å². The molecule has 0 radical (unpaired) electrons. The van der Waals surface area contributed by atoms with Crippen molar-refractivity contribution in [2.45, 2.75) is 13.8 Å². The summed E-state index contributed by atoms with van der Waals surface area (Å²) in [6, 6.07) is 5.90. The summed E-state index contributed by atoms with van der Waals surface area (Å²) in [7, 11) is 0. The van der Waals surface area contributed by atoms with Crippen LogP contribution < -0.4 is 17.1 Å². The molecule has 0 aliphatic carbocycles. The molecule has 70 valence electrons. The first kappa shape index (κ1) is 9.54. The first-order chi connectivity index (χ1) is 6.15. The van der Waals surface area contributed by atoms with Crippen LogP contribution >= 0.6 is 0 Å². The maximum Gasteiger partial charge on any atom is 0.152 e. The largest absolute Gasteiger partial charge is 0.382 e. The fourth-order valence-electron chi connectivity index (χ4n) is 1.03. The number of amidine groups is 1. The van der Waals surface area contributed by atoms with Crippen LogP contribution in [-0.2, 0) is 0 Å². The number of aryl methyl sites for hydroxylation is 2. The Morgan fingerprint density at radius 1 is 1.31 bits per heavy atom. The molecule has 0 unspecified atom stereocenters. The van der Waals surface area contributed by atoms with Crippen LogP contribution in [0.5, 0.6) is 0 Å². The van der Waals surface area contributed by atoms with Gasteiger partial charge in [0.25, 0.3) is 0 Å². The highest BCUT2D eigenvalue weighted by Gasteiger charge is 1.99. The quantitative estimate of drug-likeness (QED) is 0.265. The third-order valence-electron chi connectivity index (χ3n) is 1.99. The van der Waals surface area contributed by atoms with Crippen molar-refractivity contribution in [3.05, 3.63) is 34.9 Å². The zero-order valence-electron chi connectivity index (χ0n) is 7.83. The summed E-state index contributed by atoms with van der Waals surface area (Å²) in [5, 5.41) is 3.69. The molecule has 1 aromatic carbocycles. The lowest BCUT2D eigenvalue weighted by molar-refractivity contribution is 0.804. The summed E-state index contributed by atoms with van der Waals surface area (Å²) < 4.78 is 0. The van der Waals surface area contributed by atoms with Gasteiger partial charge in [0.2, 0.25) is 0 Å². The van der Waals surface area contributed by atoms with E-state index in [1.807, 2.05) is 32.0 Å². The van der Waals surface area contributed by atoms with E-state index >= 15 is 0 Å². The lowest BCUT2D eigenvalue weighted by Crippen LogP contribution is -2.23. The van der Waals surface area contributed by atoms with Crippen LogP contribution in [0.1, 0.15) is 16.7 Å². The predicted octanol–water partition coefficient (Wildman–Crippen LogP) is 0.387. The summed E-state index contributed by atoms with van der Waals surface area (Å²) in [4.78, 5) is 0. The summed E-state index contributed by atoms with van der Waals surface area (Å²) in [6.07, 6.45) is 0. The fourth-order valence-corrected chi connectivity index (χ4v) is 1.03. The summed E-state index contributed by atoms with van der Waals surface area (Å²) in [5.74, 6) is 5.41. The third kappa shape index (κ3) is 2.19. The standard InChI is InChI=1S/C9H14N4/c1-6-3-4-8(5-7(6)2)9(10)12-13-11/h3-5,13H,11H2,1-2H3,(H2,10,12). The first-order valence-corrected chi connectivity index (χ1v) is 4.01. The minimum absolute atomic E-state index is 0.394. The average Bonchev–Trinajstić information content (AvgIpc) is 2.10. The molecule has 0 atom stereocenters. The van der Waals surface area contributed by atoms with Gasteiger partial charge in [-0.25, -0.2) is 11.4 Å². The van der Waals surface area contributed by atoms with Crippen LogP contribution in [-0.4, -0.2) is 5.84 Å². The van der Waals surface area contributed by atoms with E-state index in [-0.39, 0.29) is 0 Å². The second kappa shape index (κ2) is 3.91. The Morgan fingerprint density at radius 2 is 2.00 bits per heavy atom. The molecule has 0 amide bonds. The zero-order valence-corrected chi connectivity index (χ0v) is 7.83. The van der Waals surface area contributed by atoms with E-state index in [9.17, 15) is 0 Å². The number of nitrogens with zero attached hydrogens (tertiary/aromatic N) is 1. The Kier molecular flexibility index (Phi) is 2.87. The van der Waals surface area contributed by atoms with Gasteiger partial charge in [-0.05, 0) is 31.0 Å². The monoisotopic (exact) mass is 178 g/mol. The van der Waals surface area contributed by atoms with Crippen molar-refractivity contribution in [1.82, 2.24) is 5.53 Å². The van der Waals surface area contributed by atoms with Gasteiger partial charge in [-0.15, -0.1) is 5.10 Å². The highest BCUT2D eigenvalue weighted by molar-refractivity contribution is 5.97. The minimum atomic E-state index is 0.394. The molecule has 4 heteroatoms. The Morgan fingerprint density at radius 3 is 2.54 bits per heavy atom. The molecule has 0 fully saturated rings. The van der Waals surface area contributed by atoms with Crippen LogP contribution in [0.25, 0.3) is 0 Å². The second-order valence-corrected chi connectivity index (χ2v) is 2.93. The van der Waals surface area contributed by atoms with Crippen molar-refractivity contribution in [3.8, 4) is 0 Å². The van der Waals surface area contributed by atoms with Crippen molar-refractivity contribution >= 4 is 5.84 Å². The Balaban J connectivity index is 3.04. The molecule has 1 rings (SSSR count). The van der Waals surface area contributed by atoms with Gasteiger partial charge in [-0.2, -0.15) is 0 Å². The van der Waals surface area contributed by atoms with E-state index in [1.165, 1.54) is 11.1 Å². The number of nitrogens with two attached hydrogens (primary N) is 2. The number of nitrogens with one attached hydrogen (secondary N) is 1. The number of hydrogen-bond donors (Lipinski definition) is 3. The van der Waals surface area contributed by atoms with Crippen molar-refractivity contribution in [1.29, 1.82) is 0 Å². The number of benzene rings is 1. The molecule has 4 nitrogen and oxygen atoms in total. The van der Waals surface area contributed by atoms with Crippen molar-refractivity contribution in [2.24, 2.45) is 16.7 Å². The molecule has 0 bridgehead atoms. The molecule has 13 heavy (non-hydrogen) atoms. The molecule has 1 aromatic rings. The molecule has 0 aliphatic heterocycles. The van der Waals surface area contributed by atoms with E-state index in [1.54, 1.807) is 0 Å². The SMILES string of the molecule is Cc1ccc(/C(N)=N/NN)cc1C. The zero-order chi connectivity index (χ0) is 9.84. The Bertz CT molecular complexity index is 330. The average molecular weight is 178 g/mol. The van der Waals surface area contributed by atoms with Crippen molar-refractivity contribution < 1.29 is 0 Å². The number of hydrazone groups is 1. The van der Waals surface area contributed by atoms with Crippen molar-refractivity contribution in [2.75, 3.05) is 0 Å². The van der Waals surface area contributed by atoms with Gasteiger partial charge in [-0.1, -0.05) is 12.1 Å². The van der Waals surface area contributed by atoms with Crippen molar-refractivity contribution in [3.63, 3.8) is 0 Å². The Hall–Kier alpha value is -1.55. The Labute approximate surface area is 77.6 Å². The second-order valence-electron chi connectivity index (χ2n) is 2.93. The maximum absolute atomic E-state index is 5.63. The van der Waals surface area contributed by atoms with Gasteiger partial charge in [-0.3, -0.25) is 0 Å². The van der Waals surface area contributed by atoms with E-state index in [0.717, 1.165) is 5.56 Å². The van der Waals surface area contributed by atoms with E-state index in [0.29, 0.717) is 5.84 Å².